The molecule has 130 valence electrons. The second kappa shape index (κ2) is 9.03. The smallest absolute Gasteiger partial charge is 0.120 e. The fraction of sp³-hybridized carbons (Fsp3) is 0.571. The van der Waals surface area contributed by atoms with E-state index in [1.807, 2.05) is 18.5 Å². The predicted molar refractivity (Wildman–Crippen MR) is 101 cm³/mol. The zero-order valence-corrected chi connectivity index (χ0v) is 14.9. The Hall–Kier alpha value is -1.61. The molecule has 1 aliphatic heterocycles. The molecule has 0 spiro atoms. The zero-order chi connectivity index (χ0) is 16.6. The van der Waals surface area contributed by atoms with E-state index in [-0.39, 0.29) is 0 Å². The molecule has 0 saturated carbocycles. The summed E-state index contributed by atoms with van der Waals surface area (Å²) in [5, 5.41) is 2.37. The first-order valence-corrected chi connectivity index (χ1v) is 9.58. The number of rotatable bonds is 8. The zero-order valence-electron chi connectivity index (χ0n) is 14.9. The summed E-state index contributed by atoms with van der Waals surface area (Å²) in [5.41, 5.74) is 0. The van der Waals surface area contributed by atoms with Gasteiger partial charge in [-0.1, -0.05) is 32.6 Å². The van der Waals surface area contributed by atoms with Gasteiger partial charge in [0.05, 0.1) is 0 Å². The van der Waals surface area contributed by atoms with E-state index in [2.05, 4.69) is 35.0 Å². The molecule has 3 rings (SSSR count). The van der Waals surface area contributed by atoms with Crippen LogP contribution in [0.1, 0.15) is 51.9 Å². The number of piperidine rings is 1. The van der Waals surface area contributed by atoms with Crippen LogP contribution in [0.2, 0.25) is 0 Å². The van der Waals surface area contributed by atoms with Gasteiger partial charge in [0.25, 0.3) is 0 Å². The van der Waals surface area contributed by atoms with E-state index >= 15 is 0 Å². The van der Waals surface area contributed by atoms with E-state index in [9.17, 15) is 0 Å². The van der Waals surface area contributed by atoms with Gasteiger partial charge in [-0.2, -0.15) is 0 Å². The molecule has 0 aliphatic carbocycles. The fourth-order valence-corrected chi connectivity index (χ4v) is 3.52. The van der Waals surface area contributed by atoms with Crippen LogP contribution in [-0.2, 0) is 0 Å². The molecule has 0 atom stereocenters. The molecule has 1 aromatic carbocycles. The Morgan fingerprint density at radius 3 is 2.71 bits per heavy atom. The minimum absolute atomic E-state index is 0.362. The van der Waals surface area contributed by atoms with Gasteiger partial charge in [0.15, 0.2) is 0 Å². The third kappa shape index (κ3) is 4.94. The first-order valence-electron chi connectivity index (χ1n) is 9.58. The Bertz CT molecular complexity index is 620. The number of likely N-dealkylation sites (tertiary alicyclic amines) is 1. The summed E-state index contributed by atoms with van der Waals surface area (Å²) in [7, 11) is 0. The first-order chi connectivity index (χ1) is 11.8. The molecule has 24 heavy (non-hydrogen) atoms. The van der Waals surface area contributed by atoms with Gasteiger partial charge in [-0.25, -0.2) is 0 Å². The average Bonchev–Trinajstić information content (AvgIpc) is 2.63. The lowest BCUT2D eigenvalue weighted by Gasteiger charge is -2.32. The molecule has 0 N–H and O–H groups in total. The monoisotopic (exact) mass is 326 g/mol. The van der Waals surface area contributed by atoms with E-state index < -0.39 is 0 Å². The van der Waals surface area contributed by atoms with Crippen molar-refractivity contribution in [2.24, 2.45) is 0 Å². The van der Waals surface area contributed by atoms with E-state index in [1.165, 1.54) is 62.5 Å². The van der Waals surface area contributed by atoms with Gasteiger partial charge in [0.2, 0.25) is 0 Å². The van der Waals surface area contributed by atoms with Gasteiger partial charge in [-0.05, 0) is 55.5 Å². The summed E-state index contributed by atoms with van der Waals surface area (Å²) in [6, 6.07) is 8.35. The van der Waals surface area contributed by atoms with Crippen LogP contribution in [-0.4, -0.2) is 35.6 Å². The molecule has 1 fully saturated rings. The molecular weight excluding hydrogens is 296 g/mol. The van der Waals surface area contributed by atoms with Crippen LogP contribution in [0.3, 0.4) is 0 Å². The lowest BCUT2D eigenvalue weighted by molar-refractivity contribution is 0.0996. The summed E-state index contributed by atoms with van der Waals surface area (Å²) in [6.07, 6.45) is 13.2. The van der Waals surface area contributed by atoms with E-state index in [4.69, 9.17) is 4.74 Å². The Kier molecular flexibility index (Phi) is 6.48. The summed E-state index contributed by atoms with van der Waals surface area (Å²) in [5.74, 6) is 0.992. The topological polar surface area (TPSA) is 25.4 Å². The number of benzene rings is 1. The minimum atomic E-state index is 0.362. The van der Waals surface area contributed by atoms with Crippen molar-refractivity contribution < 1.29 is 4.74 Å². The SMILES string of the molecule is CCCCCCCN1CCC(Oc2ccc3cnccc3c2)CC1. The van der Waals surface area contributed by atoms with Gasteiger partial charge < -0.3 is 9.64 Å². The molecule has 0 amide bonds. The lowest BCUT2D eigenvalue weighted by atomic mass is 10.1. The summed E-state index contributed by atoms with van der Waals surface area (Å²) < 4.78 is 6.22. The van der Waals surface area contributed by atoms with Crippen LogP contribution in [0.5, 0.6) is 5.75 Å². The van der Waals surface area contributed by atoms with Crippen LogP contribution >= 0.6 is 0 Å². The number of ether oxygens (including phenoxy) is 1. The maximum absolute atomic E-state index is 6.22. The highest BCUT2D eigenvalue weighted by Gasteiger charge is 2.20. The van der Waals surface area contributed by atoms with Crippen molar-refractivity contribution >= 4 is 10.8 Å². The lowest BCUT2D eigenvalue weighted by Crippen LogP contribution is -2.38. The molecule has 0 radical (unpaired) electrons. The number of hydrogen-bond donors (Lipinski definition) is 0. The summed E-state index contributed by atoms with van der Waals surface area (Å²) >= 11 is 0. The van der Waals surface area contributed by atoms with Crippen molar-refractivity contribution in [1.82, 2.24) is 9.88 Å². The van der Waals surface area contributed by atoms with Crippen molar-refractivity contribution in [3.8, 4) is 5.75 Å². The van der Waals surface area contributed by atoms with E-state index in [0.717, 1.165) is 18.6 Å². The normalized spacial score (nSPS) is 16.5. The van der Waals surface area contributed by atoms with Crippen LogP contribution in [0, 0.1) is 0 Å². The third-order valence-corrected chi connectivity index (χ3v) is 5.03. The van der Waals surface area contributed by atoms with Crippen LogP contribution in [0.25, 0.3) is 10.8 Å². The second-order valence-electron chi connectivity index (χ2n) is 6.96. The quantitative estimate of drug-likeness (QED) is 0.635. The molecule has 3 nitrogen and oxygen atoms in total. The van der Waals surface area contributed by atoms with Crippen molar-refractivity contribution in [1.29, 1.82) is 0 Å². The van der Waals surface area contributed by atoms with Gasteiger partial charge in [-0.3, -0.25) is 4.98 Å². The minimum Gasteiger partial charge on any atom is -0.490 e. The largest absolute Gasteiger partial charge is 0.490 e. The fourth-order valence-electron chi connectivity index (χ4n) is 3.52. The number of hydrogen-bond acceptors (Lipinski definition) is 3. The number of aromatic nitrogens is 1. The van der Waals surface area contributed by atoms with Crippen molar-refractivity contribution in [3.63, 3.8) is 0 Å². The molecule has 1 aromatic heterocycles. The standard InChI is InChI=1S/C21H30N2O/c1-2-3-4-5-6-13-23-14-10-20(11-15-23)24-21-8-7-19-17-22-12-9-18(19)16-21/h7-9,12,16-17,20H,2-6,10-11,13-15H2,1H3. The van der Waals surface area contributed by atoms with Crippen LogP contribution in [0.4, 0.5) is 0 Å². The summed E-state index contributed by atoms with van der Waals surface area (Å²) in [4.78, 5) is 6.77. The van der Waals surface area contributed by atoms with Gasteiger partial charge in [0, 0.05) is 30.9 Å². The highest BCUT2D eigenvalue weighted by Crippen LogP contribution is 2.23. The average molecular weight is 326 g/mol. The highest BCUT2D eigenvalue weighted by atomic mass is 16.5. The molecule has 2 heterocycles. The number of unbranched alkanes of at least 4 members (excludes halogenated alkanes) is 4. The van der Waals surface area contributed by atoms with Crippen LogP contribution < -0.4 is 4.74 Å². The molecule has 2 aromatic rings. The molecule has 0 unspecified atom stereocenters. The van der Waals surface area contributed by atoms with Gasteiger partial charge in [0.1, 0.15) is 11.9 Å². The number of fused-ring (bicyclic) bond motifs is 1. The second-order valence-corrected chi connectivity index (χ2v) is 6.96. The van der Waals surface area contributed by atoms with Gasteiger partial charge >= 0.3 is 0 Å². The van der Waals surface area contributed by atoms with Crippen molar-refractivity contribution in [2.45, 2.75) is 58.0 Å². The Balaban J connectivity index is 1.41. The maximum atomic E-state index is 6.22. The third-order valence-electron chi connectivity index (χ3n) is 5.03. The Labute approximate surface area is 146 Å². The van der Waals surface area contributed by atoms with Crippen molar-refractivity contribution in [3.05, 3.63) is 36.7 Å². The number of nitrogens with zero attached hydrogens (tertiary/aromatic N) is 2. The van der Waals surface area contributed by atoms with E-state index in [0.29, 0.717) is 6.10 Å². The molecular formula is C21H30N2O. The number of pyridine rings is 1. The summed E-state index contributed by atoms with van der Waals surface area (Å²) in [6.45, 7) is 5.89. The Morgan fingerprint density at radius 2 is 1.88 bits per heavy atom. The molecule has 3 heteroatoms. The molecule has 1 saturated heterocycles. The molecule has 0 bridgehead atoms. The molecule has 1 aliphatic rings. The van der Waals surface area contributed by atoms with Gasteiger partial charge in [-0.15, -0.1) is 0 Å². The van der Waals surface area contributed by atoms with Crippen LogP contribution in [0.15, 0.2) is 36.7 Å². The van der Waals surface area contributed by atoms with Crippen molar-refractivity contribution in [2.75, 3.05) is 19.6 Å². The predicted octanol–water partition coefficient (Wildman–Crippen LogP) is 5.05. The maximum Gasteiger partial charge on any atom is 0.120 e. The van der Waals surface area contributed by atoms with E-state index in [1.54, 1.807) is 0 Å². The highest BCUT2D eigenvalue weighted by molar-refractivity contribution is 5.82. The first kappa shape index (κ1) is 17.2. The Morgan fingerprint density at radius 1 is 1.04 bits per heavy atom.